The second kappa shape index (κ2) is 9.37. The number of hydrogen-bond donors (Lipinski definition) is 1. The van der Waals surface area contributed by atoms with Gasteiger partial charge in [-0.15, -0.1) is 12.4 Å². The first kappa shape index (κ1) is 17.5. The molecular weight excluding hydrogens is 289 g/mol. The summed E-state index contributed by atoms with van der Waals surface area (Å²) in [5.74, 6) is 0.762. The maximum absolute atomic E-state index is 13.4. The predicted octanol–water partition coefficient (Wildman–Crippen LogP) is 3.98. The van der Waals surface area contributed by atoms with Crippen molar-refractivity contribution in [2.75, 3.05) is 13.2 Å². The van der Waals surface area contributed by atoms with Gasteiger partial charge >= 0.3 is 0 Å². The third-order valence-corrected chi connectivity index (χ3v) is 3.09. The van der Waals surface area contributed by atoms with Gasteiger partial charge in [-0.05, 0) is 49.2 Å². The molecule has 114 valence electrons. The van der Waals surface area contributed by atoms with Crippen LogP contribution in [0.25, 0.3) is 0 Å². The largest absolute Gasteiger partial charge is 0.494 e. The van der Waals surface area contributed by atoms with Gasteiger partial charge in [0.05, 0.1) is 6.61 Å². The summed E-state index contributed by atoms with van der Waals surface area (Å²) in [5.41, 5.74) is 1.95. The standard InChI is InChI=1S/C17H20FNO.ClH/c1-2-20-16-9-7-14(8-10-16)13-19-12-11-15-5-3-4-6-17(15)18;/h3-10,19H,2,11-13H2,1H3;1H. The fourth-order valence-electron chi connectivity index (χ4n) is 2.03. The average Bonchev–Trinajstić information content (AvgIpc) is 2.47. The summed E-state index contributed by atoms with van der Waals surface area (Å²) in [6, 6.07) is 14.9. The molecule has 1 N–H and O–H groups in total. The van der Waals surface area contributed by atoms with Crippen molar-refractivity contribution < 1.29 is 9.13 Å². The third-order valence-electron chi connectivity index (χ3n) is 3.09. The minimum Gasteiger partial charge on any atom is -0.494 e. The van der Waals surface area contributed by atoms with Crippen LogP contribution in [0.15, 0.2) is 48.5 Å². The van der Waals surface area contributed by atoms with Gasteiger partial charge in [0.2, 0.25) is 0 Å². The molecule has 0 atom stereocenters. The minimum absolute atomic E-state index is 0. The maximum Gasteiger partial charge on any atom is 0.126 e. The molecule has 4 heteroatoms. The molecule has 2 aromatic rings. The summed E-state index contributed by atoms with van der Waals surface area (Å²) in [5, 5.41) is 3.32. The first-order valence-corrected chi connectivity index (χ1v) is 6.95. The molecule has 2 nitrogen and oxygen atoms in total. The van der Waals surface area contributed by atoms with E-state index in [9.17, 15) is 4.39 Å². The summed E-state index contributed by atoms with van der Waals surface area (Å²) in [6.45, 7) is 4.19. The summed E-state index contributed by atoms with van der Waals surface area (Å²) < 4.78 is 18.8. The lowest BCUT2D eigenvalue weighted by atomic mass is 10.1. The summed E-state index contributed by atoms with van der Waals surface area (Å²) in [6.07, 6.45) is 0.698. The van der Waals surface area contributed by atoms with Crippen LogP contribution >= 0.6 is 12.4 Å². The Labute approximate surface area is 131 Å². The molecule has 0 aromatic heterocycles. The number of nitrogens with one attached hydrogen (secondary N) is 1. The number of halogens is 2. The maximum atomic E-state index is 13.4. The van der Waals surface area contributed by atoms with Gasteiger partial charge in [0.25, 0.3) is 0 Å². The van der Waals surface area contributed by atoms with E-state index >= 15 is 0 Å². The Morgan fingerprint density at radius 3 is 2.43 bits per heavy atom. The van der Waals surface area contributed by atoms with Crippen molar-refractivity contribution in [3.8, 4) is 5.75 Å². The van der Waals surface area contributed by atoms with E-state index in [-0.39, 0.29) is 18.2 Å². The van der Waals surface area contributed by atoms with Crippen LogP contribution in [0.5, 0.6) is 5.75 Å². The van der Waals surface area contributed by atoms with Crippen LogP contribution in [0.3, 0.4) is 0 Å². The lowest BCUT2D eigenvalue weighted by Gasteiger charge is -2.07. The summed E-state index contributed by atoms with van der Waals surface area (Å²) in [4.78, 5) is 0. The normalized spacial score (nSPS) is 10.0. The Bertz CT molecular complexity index is 531. The Kier molecular flexibility index (Phi) is 7.80. The number of hydrogen-bond acceptors (Lipinski definition) is 2. The van der Waals surface area contributed by atoms with Crippen LogP contribution in [-0.4, -0.2) is 13.2 Å². The van der Waals surface area contributed by atoms with Crippen molar-refractivity contribution in [3.05, 3.63) is 65.5 Å². The molecule has 0 radical (unpaired) electrons. The van der Waals surface area contributed by atoms with Gasteiger partial charge in [-0.2, -0.15) is 0 Å². The topological polar surface area (TPSA) is 21.3 Å². The van der Waals surface area contributed by atoms with Crippen LogP contribution in [0.1, 0.15) is 18.1 Å². The van der Waals surface area contributed by atoms with Gasteiger partial charge in [-0.3, -0.25) is 0 Å². The van der Waals surface area contributed by atoms with Crippen molar-refractivity contribution in [2.45, 2.75) is 19.9 Å². The fourth-order valence-corrected chi connectivity index (χ4v) is 2.03. The third kappa shape index (κ3) is 5.74. The highest BCUT2D eigenvalue weighted by molar-refractivity contribution is 5.85. The van der Waals surface area contributed by atoms with E-state index in [1.54, 1.807) is 6.07 Å². The van der Waals surface area contributed by atoms with Gasteiger partial charge in [0.1, 0.15) is 11.6 Å². The molecule has 2 aromatic carbocycles. The average molecular weight is 310 g/mol. The van der Waals surface area contributed by atoms with E-state index in [0.29, 0.717) is 13.0 Å². The molecule has 0 amide bonds. The highest BCUT2D eigenvalue weighted by Crippen LogP contribution is 2.12. The Morgan fingerprint density at radius 2 is 1.76 bits per heavy atom. The zero-order chi connectivity index (χ0) is 14.2. The molecule has 0 unspecified atom stereocenters. The van der Waals surface area contributed by atoms with Gasteiger partial charge in [0, 0.05) is 6.54 Å². The molecule has 0 aliphatic heterocycles. The molecule has 2 rings (SSSR count). The van der Waals surface area contributed by atoms with Crippen LogP contribution in [-0.2, 0) is 13.0 Å². The second-order valence-electron chi connectivity index (χ2n) is 4.60. The Morgan fingerprint density at radius 1 is 1.05 bits per heavy atom. The zero-order valence-electron chi connectivity index (χ0n) is 12.1. The summed E-state index contributed by atoms with van der Waals surface area (Å²) in [7, 11) is 0. The number of rotatable bonds is 7. The second-order valence-corrected chi connectivity index (χ2v) is 4.60. The lowest BCUT2D eigenvalue weighted by molar-refractivity contribution is 0.340. The molecule has 0 saturated carbocycles. The van der Waals surface area contributed by atoms with E-state index < -0.39 is 0 Å². The molecule has 0 saturated heterocycles. The van der Waals surface area contributed by atoms with Crippen LogP contribution in [0, 0.1) is 5.82 Å². The molecule has 0 fully saturated rings. The Balaban J connectivity index is 0.00000220. The molecule has 0 spiro atoms. The molecule has 0 aliphatic rings. The van der Waals surface area contributed by atoms with Crippen LogP contribution < -0.4 is 10.1 Å². The molecule has 0 aliphatic carbocycles. The quantitative estimate of drug-likeness (QED) is 0.781. The van der Waals surface area contributed by atoms with Crippen molar-refractivity contribution in [3.63, 3.8) is 0 Å². The smallest absolute Gasteiger partial charge is 0.126 e. The van der Waals surface area contributed by atoms with Crippen LogP contribution in [0.4, 0.5) is 4.39 Å². The predicted molar refractivity (Wildman–Crippen MR) is 86.7 cm³/mol. The Hall–Kier alpha value is -1.58. The van der Waals surface area contributed by atoms with E-state index in [4.69, 9.17) is 4.74 Å². The summed E-state index contributed by atoms with van der Waals surface area (Å²) >= 11 is 0. The highest BCUT2D eigenvalue weighted by atomic mass is 35.5. The number of benzene rings is 2. The van der Waals surface area contributed by atoms with Gasteiger partial charge in [-0.25, -0.2) is 4.39 Å². The zero-order valence-corrected chi connectivity index (χ0v) is 13.0. The van der Waals surface area contributed by atoms with Crippen LogP contribution in [0.2, 0.25) is 0 Å². The molecule has 21 heavy (non-hydrogen) atoms. The molecular formula is C17H21ClFNO. The first-order valence-electron chi connectivity index (χ1n) is 6.95. The van der Waals surface area contributed by atoms with E-state index in [2.05, 4.69) is 5.32 Å². The van der Waals surface area contributed by atoms with Crippen molar-refractivity contribution in [1.82, 2.24) is 5.32 Å². The van der Waals surface area contributed by atoms with Gasteiger partial charge < -0.3 is 10.1 Å². The van der Waals surface area contributed by atoms with E-state index in [1.165, 1.54) is 11.6 Å². The van der Waals surface area contributed by atoms with Gasteiger partial charge in [0.15, 0.2) is 0 Å². The van der Waals surface area contributed by atoms with Crippen molar-refractivity contribution >= 4 is 12.4 Å². The van der Waals surface area contributed by atoms with E-state index in [0.717, 1.165) is 24.4 Å². The van der Waals surface area contributed by atoms with E-state index in [1.807, 2.05) is 43.3 Å². The minimum atomic E-state index is -0.129. The van der Waals surface area contributed by atoms with Crippen molar-refractivity contribution in [1.29, 1.82) is 0 Å². The first-order chi connectivity index (χ1) is 9.79. The van der Waals surface area contributed by atoms with Crippen molar-refractivity contribution in [2.24, 2.45) is 0 Å². The lowest BCUT2D eigenvalue weighted by Crippen LogP contribution is -2.17. The number of ether oxygens (including phenoxy) is 1. The monoisotopic (exact) mass is 309 g/mol. The molecule has 0 heterocycles. The SMILES string of the molecule is CCOc1ccc(CNCCc2ccccc2F)cc1.Cl. The fraction of sp³-hybridized carbons (Fsp3) is 0.294. The highest BCUT2D eigenvalue weighted by Gasteiger charge is 2.00. The molecule has 0 bridgehead atoms. The van der Waals surface area contributed by atoms with Gasteiger partial charge in [-0.1, -0.05) is 30.3 Å².